The molecule has 3 aliphatic rings. The Balaban J connectivity index is 1.05. The van der Waals surface area contributed by atoms with Crippen LogP contribution in [0.2, 0.25) is 0 Å². The highest BCUT2D eigenvalue weighted by Gasteiger charge is 2.37. The molecule has 0 N–H and O–H groups in total. The molecule has 4 atom stereocenters. The van der Waals surface area contributed by atoms with Gasteiger partial charge in [-0.25, -0.2) is 0 Å². The van der Waals surface area contributed by atoms with Crippen molar-refractivity contribution in [3.63, 3.8) is 0 Å². The fraction of sp³-hybridized carbons (Fsp3) is 0.125. The third kappa shape index (κ3) is 4.78. The summed E-state index contributed by atoms with van der Waals surface area (Å²) in [5.41, 5.74) is 13.0. The standard InChI is InChI=1S/C48H38N2/c1-3-12-33(13-4-1)35-22-26-39(27-23-35)49-46-21-10-8-19-42(46)44-31-37(25-29-47(44)49)38-24-28-43-41-18-7-9-20-45(41)50(48(43)32-38)40-17-11-16-36(30-40)34-14-5-2-6-15-34/h1-15,17-29,31-32,36,40,42,46H,16,30H2. The van der Waals surface area contributed by atoms with Gasteiger partial charge >= 0.3 is 0 Å². The van der Waals surface area contributed by atoms with Gasteiger partial charge in [0.05, 0.1) is 17.6 Å². The van der Waals surface area contributed by atoms with Gasteiger partial charge in [0.25, 0.3) is 0 Å². The Hall–Kier alpha value is -5.86. The van der Waals surface area contributed by atoms with E-state index in [0.29, 0.717) is 17.9 Å². The van der Waals surface area contributed by atoms with Crippen molar-refractivity contribution in [1.29, 1.82) is 0 Å². The minimum absolute atomic E-state index is 0.258. The second-order valence-electron chi connectivity index (χ2n) is 14.0. The summed E-state index contributed by atoms with van der Waals surface area (Å²) in [6, 6.07) is 54.5. The average Bonchev–Trinajstić information content (AvgIpc) is 3.71. The Bertz CT molecular complexity index is 2450. The van der Waals surface area contributed by atoms with Crippen LogP contribution in [0.15, 0.2) is 182 Å². The zero-order valence-electron chi connectivity index (χ0n) is 27.9. The molecule has 0 spiro atoms. The van der Waals surface area contributed by atoms with Crippen LogP contribution in [0, 0.1) is 0 Å². The van der Waals surface area contributed by atoms with Crippen LogP contribution < -0.4 is 4.90 Å². The van der Waals surface area contributed by atoms with Crippen molar-refractivity contribution in [3.8, 4) is 22.3 Å². The van der Waals surface area contributed by atoms with E-state index in [2.05, 4.69) is 192 Å². The van der Waals surface area contributed by atoms with Gasteiger partial charge < -0.3 is 9.47 Å². The maximum Gasteiger partial charge on any atom is 0.0629 e. The Morgan fingerprint density at radius 3 is 2.06 bits per heavy atom. The van der Waals surface area contributed by atoms with Crippen LogP contribution in [-0.2, 0) is 0 Å². The molecule has 2 heterocycles. The highest BCUT2D eigenvalue weighted by molar-refractivity contribution is 6.09. The molecule has 2 heteroatoms. The summed E-state index contributed by atoms with van der Waals surface area (Å²) in [5.74, 6) is 0.826. The predicted octanol–water partition coefficient (Wildman–Crippen LogP) is 12.5. The van der Waals surface area contributed by atoms with Crippen molar-refractivity contribution in [1.82, 2.24) is 4.57 Å². The molecule has 1 aromatic heterocycles. The van der Waals surface area contributed by atoms with E-state index in [1.54, 1.807) is 0 Å². The van der Waals surface area contributed by atoms with Crippen LogP contribution in [0.3, 0.4) is 0 Å². The number of hydrogen-bond acceptors (Lipinski definition) is 1. The molecule has 0 saturated heterocycles. The summed E-state index contributed by atoms with van der Waals surface area (Å²) in [4.78, 5) is 2.53. The van der Waals surface area contributed by atoms with Crippen molar-refractivity contribution in [2.45, 2.75) is 36.8 Å². The molecule has 0 bridgehead atoms. The van der Waals surface area contributed by atoms with Crippen LogP contribution in [0.4, 0.5) is 11.4 Å². The third-order valence-electron chi connectivity index (χ3n) is 11.3. The number of para-hydroxylation sites is 1. The summed E-state index contributed by atoms with van der Waals surface area (Å²) < 4.78 is 2.61. The topological polar surface area (TPSA) is 8.17 Å². The first-order valence-corrected chi connectivity index (χ1v) is 18.0. The SMILES string of the molecule is C1=CC2c3cc(-c4ccc5c6ccccc6n(C6C=CCC(c7ccccc7)C6)c5c4)ccc3N(c3ccc(-c4ccccc4)cc3)C2C=C1. The van der Waals surface area contributed by atoms with Gasteiger partial charge in [0.1, 0.15) is 0 Å². The maximum atomic E-state index is 2.61. The normalized spacial score (nSPS) is 20.8. The van der Waals surface area contributed by atoms with Gasteiger partial charge in [-0.15, -0.1) is 0 Å². The molecule has 0 saturated carbocycles. The van der Waals surface area contributed by atoms with Crippen molar-refractivity contribution in [2.75, 3.05) is 4.90 Å². The summed E-state index contributed by atoms with van der Waals surface area (Å²) >= 11 is 0. The molecule has 0 fully saturated rings. The summed E-state index contributed by atoms with van der Waals surface area (Å²) in [6.07, 6.45) is 16.2. The lowest BCUT2D eigenvalue weighted by molar-refractivity contribution is 0.488. The molecule has 50 heavy (non-hydrogen) atoms. The Labute approximate surface area is 293 Å². The monoisotopic (exact) mass is 642 g/mol. The number of aromatic nitrogens is 1. The second-order valence-corrected chi connectivity index (χ2v) is 14.0. The van der Waals surface area contributed by atoms with E-state index in [1.165, 1.54) is 66.6 Å². The van der Waals surface area contributed by atoms with Crippen LogP contribution in [0.5, 0.6) is 0 Å². The molecule has 7 aromatic rings. The van der Waals surface area contributed by atoms with Gasteiger partial charge in [-0.2, -0.15) is 0 Å². The quantitative estimate of drug-likeness (QED) is 0.170. The van der Waals surface area contributed by atoms with E-state index in [0.717, 1.165) is 12.8 Å². The van der Waals surface area contributed by atoms with Gasteiger partial charge in [-0.1, -0.05) is 146 Å². The molecule has 240 valence electrons. The van der Waals surface area contributed by atoms with E-state index < -0.39 is 0 Å². The lowest BCUT2D eigenvalue weighted by Gasteiger charge is -2.28. The van der Waals surface area contributed by atoms with Gasteiger partial charge in [0, 0.05) is 33.6 Å². The maximum absolute atomic E-state index is 2.61. The van der Waals surface area contributed by atoms with Crippen molar-refractivity contribution in [2.24, 2.45) is 0 Å². The van der Waals surface area contributed by atoms with Gasteiger partial charge in [0.15, 0.2) is 0 Å². The van der Waals surface area contributed by atoms with E-state index in [1.807, 2.05) is 0 Å². The first-order chi connectivity index (χ1) is 24.8. The lowest BCUT2D eigenvalue weighted by Crippen LogP contribution is -2.28. The van der Waals surface area contributed by atoms with Crippen LogP contribution in [-0.4, -0.2) is 10.6 Å². The molecule has 0 amide bonds. The Morgan fingerprint density at radius 2 is 1.20 bits per heavy atom. The predicted molar refractivity (Wildman–Crippen MR) is 210 cm³/mol. The number of anilines is 2. The van der Waals surface area contributed by atoms with Gasteiger partial charge in [0.2, 0.25) is 0 Å². The Kier molecular flexibility index (Phi) is 6.94. The number of allylic oxidation sites excluding steroid dienone is 4. The molecular formula is C48H38N2. The number of benzene rings is 6. The molecular weight excluding hydrogens is 605 g/mol. The van der Waals surface area contributed by atoms with Gasteiger partial charge in [-0.3, -0.25) is 0 Å². The number of rotatable bonds is 5. The van der Waals surface area contributed by atoms with Crippen LogP contribution in [0.1, 0.15) is 41.8 Å². The highest BCUT2D eigenvalue weighted by Crippen LogP contribution is 2.49. The molecule has 0 radical (unpaired) electrons. The van der Waals surface area contributed by atoms with E-state index >= 15 is 0 Å². The second kappa shape index (κ2) is 11.9. The Morgan fingerprint density at radius 1 is 0.520 bits per heavy atom. The van der Waals surface area contributed by atoms with Crippen LogP contribution >= 0.6 is 0 Å². The molecule has 1 aliphatic heterocycles. The fourth-order valence-corrected chi connectivity index (χ4v) is 8.86. The van der Waals surface area contributed by atoms with Gasteiger partial charge in [-0.05, 0) is 88.5 Å². The lowest BCUT2D eigenvalue weighted by atomic mass is 9.85. The molecule has 6 aromatic carbocycles. The molecule has 2 nitrogen and oxygen atoms in total. The van der Waals surface area contributed by atoms with Crippen LogP contribution in [0.25, 0.3) is 44.1 Å². The van der Waals surface area contributed by atoms with E-state index in [4.69, 9.17) is 0 Å². The highest BCUT2D eigenvalue weighted by atomic mass is 15.2. The van der Waals surface area contributed by atoms with E-state index in [9.17, 15) is 0 Å². The summed E-state index contributed by atoms with van der Waals surface area (Å²) in [6.45, 7) is 0. The number of hydrogen-bond donors (Lipinski definition) is 0. The molecule has 4 unspecified atom stereocenters. The summed E-state index contributed by atoms with van der Waals surface area (Å²) in [5, 5.41) is 2.65. The largest absolute Gasteiger partial charge is 0.333 e. The number of nitrogens with zero attached hydrogens (tertiary/aromatic N) is 2. The smallest absolute Gasteiger partial charge is 0.0629 e. The molecule has 2 aliphatic carbocycles. The minimum atomic E-state index is 0.258. The third-order valence-corrected chi connectivity index (χ3v) is 11.3. The van der Waals surface area contributed by atoms with E-state index in [-0.39, 0.29) is 6.04 Å². The zero-order chi connectivity index (χ0) is 33.0. The zero-order valence-corrected chi connectivity index (χ0v) is 27.9. The average molecular weight is 643 g/mol. The minimum Gasteiger partial charge on any atom is -0.333 e. The summed E-state index contributed by atoms with van der Waals surface area (Å²) in [7, 11) is 0. The van der Waals surface area contributed by atoms with Crippen molar-refractivity contribution in [3.05, 3.63) is 193 Å². The van der Waals surface area contributed by atoms with Crippen molar-refractivity contribution >= 4 is 33.2 Å². The first kappa shape index (κ1) is 29.1. The fourth-order valence-electron chi connectivity index (χ4n) is 8.86. The first-order valence-electron chi connectivity index (χ1n) is 18.0. The molecule has 10 rings (SSSR count). The number of fused-ring (bicyclic) bond motifs is 6. The van der Waals surface area contributed by atoms with Crippen molar-refractivity contribution < 1.29 is 0 Å².